The Morgan fingerprint density at radius 1 is 1.44 bits per heavy atom. The predicted molar refractivity (Wildman–Crippen MR) is 63.3 cm³/mol. The molecule has 0 aliphatic heterocycles. The zero-order valence-electron chi connectivity index (χ0n) is 9.69. The van der Waals surface area contributed by atoms with E-state index in [2.05, 4.69) is 18.8 Å². The Morgan fingerprint density at radius 3 is 2.69 bits per heavy atom. The average molecular weight is 217 g/mol. The summed E-state index contributed by atoms with van der Waals surface area (Å²) in [6, 6.07) is 5.36. The second-order valence-electron chi connectivity index (χ2n) is 4.25. The first-order valence-electron chi connectivity index (χ1n) is 5.27. The summed E-state index contributed by atoms with van der Waals surface area (Å²) in [5.41, 5.74) is 7.58. The first-order chi connectivity index (χ1) is 7.50. The van der Waals surface area contributed by atoms with Crippen molar-refractivity contribution in [1.82, 2.24) is 9.55 Å². The van der Waals surface area contributed by atoms with Crippen LogP contribution < -0.4 is 5.73 Å². The van der Waals surface area contributed by atoms with Gasteiger partial charge in [0.2, 0.25) is 5.91 Å². The molecule has 84 valence electrons. The molecule has 1 aromatic heterocycles. The molecule has 0 saturated heterocycles. The number of fused-ring (bicyclic) bond motifs is 1. The summed E-state index contributed by atoms with van der Waals surface area (Å²) in [4.78, 5) is 15.6. The van der Waals surface area contributed by atoms with Gasteiger partial charge >= 0.3 is 0 Å². The summed E-state index contributed by atoms with van der Waals surface area (Å²) >= 11 is 0. The molecule has 16 heavy (non-hydrogen) atoms. The lowest BCUT2D eigenvalue weighted by Gasteiger charge is -2.04. The highest BCUT2D eigenvalue weighted by Crippen LogP contribution is 2.21. The number of nitrogens with zero attached hydrogens (tertiary/aromatic N) is 2. The number of carbonyl (C=O) groups is 1. The Bertz CT molecular complexity index is 555. The lowest BCUT2D eigenvalue weighted by molar-refractivity contribution is 0.100. The van der Waals surface area contributed by atoms with Gasteiger partial charge in [0.15, 0.2) is 0 Å². The van der Waals surface area contributed by atoms with Crippen molar-refractivity contribution in [3.05, 3.63) is 29.6 Å². The fourth-order valence-corrected chi connectivity index (χ4v) is 1.89. The van der Waals surface area contributed by atoms with Gasteiger partial charge in [0.1, 0.15) is 5.82 Å². The van der Waals surface area contributed by atoms with E-state index in [1.165, 1.54) is 0 Å². The molecule has 2 N–H and O–H groups in total. The minimum Gasteiger partial charge on any atom is -0.366 e. The summed E-state index contributed by atoms with van der Waals surface area (Å²) in [7, 11) is 1.98. The Labute approximate surface area is 94.1 Å². The predicted octanol–water partition coefficient (Wildman–Crippen LogP) is 1.80. The summed E-state index contributed by atoms with van der Waals surface area (Å²) in [6.45, 7) is 4.19. The molecule has 4 heteroatoms. The molecule has 1 amide bonds. The summed E-state index contributed by atoms with van der Waals surface area (Å²) in [5.74, 6) is 0.949. The van der Waals surface area contributed by atoms with E-state index in [4.69, 9.17) is 5.73 Å². The van der Waals surface area contributed by atoms with Crippen molar-refractivity contribution in [2.45, 2.75) is 19.8 Å². The smallest absolute Gasteiger partial charge is 0.248 e. The molecule has 0 atom stereocenters. The van der Waals surface area contributed by atoms with E-state index < -0.39 is 5.91 Å². The quantitative estimate of drug-likeness (QED) is 0.833. The number of hydrogen-bond donors (Lipinski definition) is 1. The molecule has 2 aromatic rings. The van der Waals surface area contributed by atoms with Crippen LogP contribution in [0.2, 0.25) is 0 Å². The van der Waals surface area contributed by atoms with Gasteiger partial charge in [-0.15, -0.1) is 0 Å². The maximum atomic E-state index is 11.1. The Kier molecular flexibility index (Phi) is 2.42. The van der Waals surface area contributed by atoms with Crippen LogP contribution in [0.25, 0.3) is 11.0 Å². The van der Waals surface area contributed by atoms with Crippen molar-refractivity contribution in [3.63, 3.8) is 0 Å². The van der Waals surface area contributed by atoms with Gasteiger partial charge in [-0.05, 0) is 18.2 Å². The van der Waals surface area contributed by atoms with Gasteiger partial charge in [-0.1, -0.05) is 13.8 Å². The number of aryl methyl sites for hydroxylation is 1. The molecule has 0 fully saturated rings. The molecule has 1 heterocycles. The minimum absolute atomic E-state index is 0.356. The second-order valence-corrected chi connectivity index (χ2v) is 4.25. The lowest BCUT2D eigenvalue weighted by atomic mass is 10.2. The number of benzene rings is 1. The zero-order chi connectivity index (χ0) is 11.9. The third-order valence-corrected chi connectivity index (χ3v) is 2.72. The van der Waals surface area contributed by atoms with Crippen molar-refractivity contribution in [2.24, 2.45) is 12.8 Å². The molecule has 0 unspecified atom stereocenters. The first kappa shape index (κ1) is 10.7. The average Bonchev–Trinajstić information content (AvgIpc) is 2.55. The van der Waals surface area contributed by atoms with Gasteiger partial charge in [0, 0.05) is 18.5 Å². The molecule has 0 aliphatic carbocycles. The van der Waals surface area contributed by atoms with Crippen LogP contribution in [0.5, 0.6) is 0 Å². The van der Waals surface area contributed by atoms with Gasteiger partial charge in [-0.2, -0.15) is 0 Å². The Morgan fingerprint density at radius 2 is 2.12 bits per heavy atom. The van der Waals surface area contributed by atoms with Crippen LogP contribution in [0.3, 0.4) is 0 Å². The lowest BCUT2D eigenvalue weighted by Crippen LogP contribution is -2.10. The highest BCUT2D eigenvalue weighted by atomic mass is 16.1. The monoisotopic (exact) mass is 217 g/mol. The van der Waals surface area contributed by atoms with Crippen LogP contribution in [-0.2, 0) is 7.05 Å². The van der Waals surface area contributed by atoms with Crippen LogP contribution in [0, 0.1) is 0 Å². The van der Waals surface area contributed by atoms with E-state index >= 15 is 0 Å². The van der Waals surface area contributed by atoms with E-state index in [-0.39, 0.29) is 0 Å². The van der Waals surface area contributed by atoms with Gasteiger partial charge in [-0.25, -0.2) is 4.98 Å². The number of aromatic nitrogens is 2. The van der Waals surface area contributed by atoms with Crippen molar-refractivity contribution in [1.29, 1.82) is 0 Å². The molecule has 0 saturated carbocycles. The van der Waals surface area contributed by atoms with E-state index in [1.54, 1.807) is 12.1 Å². The van der Waals surface area contributed by atoms with Crippen LogP contribution >= 0.6 is 0 Å². The normalized spacial score (nSPS) is 11.2. The molecule has 2 rings (SSSR count). The number of hydrogen-bond acceptors (Lipinski definition) is 2. The number of nitrogens with two attached hydrogens (primary N) is 1. The fourth-order valence-electron chi connectivity index (χ4n) is 1.89. The van der Waals surface area contributed by atoms with Crippen molar-refractivity contribution in [3.8, 4) is 0 Å². The molecular formula is C12H15N3O. The number of rotatable bonds is 2. The van der Waals surface area contributed by atoms with Crippen molar-refractivity contribution < 1.29 is 4.79 Å². The summed E-state index contributed by atoms with van der Waals surface area (Å²) < 4.78 is 2.05. The van der Waals surface area contributed by atoms with Crippen LogP contribution in [0.15, 0.2) is 18.2 Å². The molecular weight excluding hydrogens is 202 g/mol. The van der Waals surface area contributed by atoms with Gasteiger partial charge in [0.05, 0.1) is 11.0 Å². The summed E-state index contributed by atoms with van der Waals surface area (Å²) in [5, 5.41) is 0. The van der Waals surface area contributed by atoms with E-state index in [1.807, 2.05) is 17.7 Å². The maximum absolute atomic E-state index is 11.1. The number of imidazole rings is 1. The highest BCUT2D eigenvalue weighted by molar-refractivity contribution is 5.96. The highest BCUT2D eigenvalue weighted by Gasteiger charge is 2.12. The van der Waals surface area contributed by atoms with Gasteiger partial charge in [0.25, 0.3) is 0 Å². The van der Waals surface area contributed by atoms with Gasteiger partial charge < -0.3 is 10.3 Å². The van der Waals surface area contributed by atoms with E-state index in [0.29, 0.717) is 11.5 Å². The minimum atomic E-state index is -0.418. The molecule has 0 spiro atoms. The number of amides is 1. The van der Waals surface area contributed by atoms with Crippen LogP contribution in [0.1, 0.15) is 35.9 Å². The first-order valence-corrected chi connectivity index (χ1v) is 5.27. The Balaban J connectivity index is 2.67. The third-order valence-electron chi connectivity index (χ3n) is 2.72. The van der Waals surface area contributed by atoms with E-state index in [9.17, 15) is 4.79 Å². The molecule has 0 bridgehead atoms. The van der Waals surface area contributed by atoms with Gasteiger partial charge in [-0.3, -0.25) is 4.79 Å². The maximum Gasteiger partial charge on any atom is 0.248 e. The zero-order valence-corrected chi connectivity index (χ0v) is 9.69. The molecule has 0 radical (unpaired) electrons. The Hall–Kier alpha value is -1.84. The topological polar surface area (TPSA) is 60.9 Å². The third kappa shape index (κ3) is 1.56. The van der Waals surface area contributed by atoms with Crippen LogP contribution in [0.4, 0.5) is 0 Å². The molecule has 4 nitrogen and oxygen atoms in total. The van der Waals surface area contributed by atoms with Crippen molar-refractivity contribution in [2.75, 3.05) is 0 Å². The summed E-state index contributed by atoms with van der Waals surface area (Å²) in [6.07, 6.45) is 0. The standard InChI is InChI=1S/C12H15N3O/c1-7(2)12-14-9-6-8(11(13)16)4-5-10(9)15(12)3/h4-7H,1-3H3,(H2,13,16). The van der Waals surface area contributed by atoms with Crippen LogP contribution in [-0.4, -0.2) is 15.5 Å². The second kappa shape index (κ2) is 3.63. The fraction of sp³-hybridized carbons (Fsp3) is 0.333. The van der Waals surface area contributed by atoms with Crippen molar-refractivity contribution >= 4 is 16.9 Å². The largest absolute Gasteiger partial charge is 0.366 e. The number of primary amides is 1. The molecule has 0 aliphatic rings. The van der Waals surface area contributed by atoms with E-state index in [0.717, 1.165) is 16.9 Å². The number of carbonyl (C=O) groups excluding carboxylic acids is 1. The molecule has 1 aromatic carbocycles. The SMILES string of the molecule is CC(C)c1nc2cc(C(N)=O)ccc2n1C.